The minimum Gasteiger partial charge on any atom is -0.396 e. The lowest BCUT2D eigenvalue weighted by atomic mass is 10.0. The maximum atomic E-state index is 12.6. The number of thiazole rings is 1. The number of thiophene rings is 1. The zero-order valence-electron chi connectivity index (χ0n) is 14.1. The maximum absolute atomic E-state index is 12.6. The molecule has 7 heteroatoms. The molecular weight excluding hydrogens is 382 g/mol. The molecule has 0 amide bonds. The molecule has 4 rings (SSSR count). The lowest BCUT2D eigenvalue weighted by Crippen LogP contribution is -1.98. The molecule has 1 unspecified atom stereocenters. The highest BCUT2D eigenvalue weighted by atomic mass is 32.2. The van der Waals surface area contributed by atoms with Crippen LogP contribution >= 0.6 is 22.7 Å². The van der Waals surface area contributed by atoms with E-state index in [0.29, 0.717) is 11.4 Å². The molecule has 0 fully saturated rings. The molecule has 0 radical (unpaired) electrons. The van der Waals surface area contributed by atoms with Crippen LogP contribution in [0.2, 0.25) is 0 Å². The van der Waals surface area contributed by atoms with Crippen molar-refractivity contribution in [3.8, 4) is 21.8 Å². The van der Waals surface area contributed by atoms with Crippen LogP contribution < -0.4 is 5.73 Å². The molecule has 1 aromatic carbocycles. The lowest BCUT2D eigenvalue weighted by molar-refractivity contribution is 0.683. The van der Waals surface area contributed by atoms with E-state index in [9.17, 15) is 4.21 Å². The van der Waals surface area contributed by atoms with E-state index >= 15 is 0 Å². The summed E-state index contributed by atoms with van der Waals surface area (Å²) in [4.78, 5) is 9.98. The highest BCUT2D eigenvalue weighted by Crippen LogP contribution is 2.42. The molecule has 0 aliphatic rings. The Labute approximate surface area is 162 Å². The van der Waals surface area contributed by atoms with Gasteiger partial charge < -0.3 is 5.73 Å². The Bertz CT molecular complexity index is 1070. The van der Waals surface area contributed by atoms with Gasteiger partial charge in [0.15, 0.2) is 0 Å². The van der Waals surface area contributed by atoms with Crippen LogP contribution in [-0.4, -0.2) is 19.9 Å². The molecule has 0 spiro atoms. The number of fused-ring (bicyclic) bond motifs is 1. The van der Waals surface area contributed by atoms with E-state index in [2.05, 4.69) is 17.1 Å². The molecule has 0 saturated heterocycles. The van der Waals surface area contributed by atoms with Gasteiger partial charge in [0, 0.05) is 22.7 Å². The minimum absolute atomic E-state index is 0.592. The first kappa shape index (κ1) is 17.3. The number of nitrogens with zero attached hydrogens (tertiary/aromatic N) is 2. The number of nitrogens with two attached hydrogens (primary N) is 1. The number of pyridine rings is 1. The van der Waals surface area contributed by atoms with Crippen LogP contribution in [0, 0.1) is 0 Å². The van der Waals surface area contributed by atoms with E-state index in [-0.39, 0.29) is 0 Å². The summed E-state index contributed by atoms with van der Waals surface area (Å²) >= 11 is 2.99. The number of nitrogen functional groups attached to an aromatic ring is 1. The van der Waals surface area contributed by atoms with Crippen molar-refractivity contribution in [2.75, 3.05) is 11.5 Å². The molecule has 0 aliphatic carbocycles. The molecule has 0 bridgehead atoms. The van der Waals surface area contributed by atoms with Gasteiger partial charge in [0.1, 0.15) is 19.7 Å². The fourth-order valence-electron chi connectivity index (χ4n) is 2.85. The highest BCUT2D eigenvalue weighted by Gasteiger charge is 2.21. The second-order valence-corrected chi connectivity index (χ2v) is 9.45. The van der Waals surface area contributed by atoms with Crippen LogP contribution in [0.25, 0.3) is 32.0 Å². The van der Waals surface area contributed by atoms with E-state index in [1.807, 2.05) is 36.6 Å². The Hall–Kier alpha value is -2.09. The van der Waals surface area contributed by atoms with E-state index in [0.717, 1.165) is 42.7 Å². The van der Waals surface area contributed by atoms with Gasteiger partial charge in [0.2, 0.25) is 0 Å². The highest BCUT2D eigenvalue weighted by molar-refractivity contribution is 7.87. The number of benzene rings is 1. The SMILES string of the molecule is CCCS(=O)c1sc2nc(-c3nccs3)cc(-c3ccccc3)c2c1N. The van der Waals surface area contributed by atoms with Gasteiger partial charge in [-0.05, 0) is 23.6 Å². The second-order valence-electron chi connectivity index (χ2n) is 5.79. The Morgan fingerprint density at radius 3 is 2.73 bits per heavy atom. The largest absolute Gasteiger partial charge is 0.396 e. The zero-order valence-corrected chi connectivity index (χ0v) is 16.6. The first-order valence-electron chi connectivity index (χ1n) is 8.25. The Balaban J connectivity index is 2.01. The average Bonchev–Trinajstić information content (AvgIpc) is 3.30. The summed E-state index contributed by atoms with van der Waals surface area (Å²) in [5.41, 5.74) is 9.93. The van der Waals surface area contributed by atoms with Gasteiger partial charge in [-0.2, -0.15) is 0 Å². The van der Waals surface area contributed by atoms with Crippen molar-refractivity contribution >= 4 is 49.4 Å². The van der Waals surface area contributed by atoms with Gasteiger partial charge in [-0.15, -0.1) is 22.7 Å². The molecule has 0 aliphatic heterocycles. The smallest absolute Gasteiger partial charge is 0.141 e. The number of hydrogen-bond acceptors (Lipinski definition) is 6. The van der Waals surface area contributed by atoms with Crippen LogP contribution in [0.4, 0.5) is 5.69 Å². The number of rotatable bonds is 5. The number of hydrogen-bond donors (Lipinski definition) is 1. The van der Waals surface area contributed by atoms with Crippen molar-refractivity contribution in [2.24, 2.45) is 0 Å². The Morgan fingerprint density at radius 1 is 1.23 bits per heavy atom. The summed E-state index contributed by atoms with van der Waals surface area (Å²) in [6.07, 6.45) is 2.63. The van der Waals surface area contributed by atoms with Gasteiger partial charge in [-0.1, -0.05) is 37.3 Å². The average molecular weight is 400 g/mol. The lowest BCUT2D eigenvalue weighted by Gasteiger charge is -2.07. The van der Waals surface area contributed by atoms with Gasteiger partial charge in [-0.3, -0.25) is 4.21 Å². The molecule has 26 heavy (non-hydrogen) atoms. The summed E-state index contributed by atoms with van der Waals surface area (Å²) in [5, 5.41) is 3.70. The Kier molecular flexibility index (Phi) is 4.84. The summed E-state index contributed by atoms with van der Waals surface area (Å²) in [7, 11) is -1.10. The first-order chi connectivity index (χ1) is 12.7. The normalized spacial score (nSPS) is 12.5. The predicted octanol–water partition coefficient (Wildman–Crippen LogP) is 5.19. The predicted molar refractivity (Wildman–Crippen MR) is 112 cm³/mol. The fourth-order valence-corrected chi connectivity index (χ4v) is 6.07. The number of anilines is 1. The summed E-state index contributed by atoms with van der Waals surface area (Å²) in [5.74, 6) is 0.608. The molecule has 1 atom stereocenters. The molecule has 4 aromatic rings. The summed E-state index contributed by atoms with van der Waals surface area (Å²) in [6.45, 7) is 2.02. The Morgan fingerprint density at radius 2 is 2.04 bits per heavy atom. The fraction of sp³-hybridized carbons (Fsp3) is 0.158. The standard InChI is InChI=1S/C19H17N3OS3/c1-2-10-26(23)19-16(20)15-13(12-6-4-3-5-7-12)11-14(22-18(15)25-19)17-21-8-9-24-17/h3-9,11H,2,10,20H2,1H3. The molecule has 2 N–H and O–H groups in total. The van der Waals surface area contributed by atoms with Gasteiger partial charge in [-0.25, -0.2) is 9.97 Å². The van der Waals surface area contributed by atoms with Crippen molar-refractivity contribution in [2.45, 2.75) is 17.6 Å². The van der Waals surface area contributed by atoms with E-state index in [4.69, 9.17) is 10.7 Å². The van der Waals surface area contributed by atoms with Crippen molar-refractivity contribution in [1.82, 2.24) is 9.97 Å². The maximum Gasteiger partial charge on any atom is 0.141 e. The molecule has 132 valence electrons. The van der Waals surface area contributed by atoms with Crippen LogP contribution in [0.3, 0.4) is 0 Å². The summed E-state index contributed by atoms with van der Waals surface area (Å²) in [6, 6.07) is 12.1. The summed E-state index contributed by atoms with van der Waals surface area (Å²) < 4.78 is 13.3. The third-order valence-corrected chi connectivity index (χ3v) is 7.91. The first-order valence-corrected chi connectivity index (χ1v) is 11.3. The minimum atomic E-state index is -1.10. The van der Waals surface area contributed by atoms with Gasteiger partial charge in [0.05, 0.1) is 16.5 Å². The molecular formula is C19H17N3OS3. The monoisotopic (exact) mass is 399 g/mol. The quantitative estimate of drug-likeness (QED) is 0.502. The van der Waals surface area contributed by atoms with Crippen LogP contribution in [-0.2, 0) is 10.8 Å². The van der Waals surface area contributed by atoms with Crippen molar-refractivity contribution < 1.29 is 4.21 Å². The molecule has 3 heterocycles. The van der Waals surface area contributed by atoms with E-state index < -0.39 is 10.8 Å². The van der Waals surface area contributed by atoms with Crippen molar-refractivity contribution in [3.05, 3.63) is 48.0 Å². The van der Waals surface area contributed by atoms with Gasteiger partial charge in [0.25, 0.3) is 0 Å². The van der Waals surface area contributed by atoms with Crippen LogP contribution in [0.15, 0.2) is 52.2 Å². The molecule has 0 saturated carbocycles. The second kappa shape index (κ2) is 7.26. The number of aromatic nitrogens is 2. The third kappa shape index (κ3) is 3.06. The van der Waals surface area contributed by atoms with Gasteiger partial charge >= 0.3 is 0 Å². The zero-order chi connectivity index (χ0) is 18.1. The van der Waals surface area contributed by atoms with Crippen molar-refractivity contribution in [1.29, 1.82) is 0 Å². The van der Waals surface area contributed by atoms with Crippen LogP contribution in [0.1, 0.15) is 13.3 Å². The topological polar surface area (TPSA) is 68.9 Å². The van der Waals surface area contributed by atoms with E-state index in [1.165, 1.54) is 11.3 Å². The van der Waals surface area contributed by atoms with Crippen LogP contribution in [0.5, 0.6) is 0 Å². The molecule has 4 nitrogen and oxygen atoms in total. The third-order valence-electron chi connectivity index (χ3n) is 4.00. The molecule has 3 aromatic heterocycles. The van der Waals surface area contributed by atoms with Crippen molar-refractivity contribution in [3.63, 3.8) is 0 Å². The van der Waals surface area contributed by atoms with E-state index in [1.54, 1.807) is 17.5 Å².